The molecule has 1 aliphatic rings. The molecule has 2 aromatic rings. The van der Waals surface area contributed by atoms with E-state index >= 15 is 0 Å². The Hall–Kier alpha value is -2.39. The van der Waals surface area contributed by atoms with Gasteiger partial charge in [0.2, 0.25) is 9.84 Å². The number of sulfone groups is 1. The highest BCUT2D eigenvalue weighted by atomic mass is 32.2. The number of allylic oxidation sites excluding steroid dienone is 1. The van der Waals surface area contributed by atoms with Gasteiger partial charge >= 0.3 is 0 Å². The molecule has 0 bridgehead atoms. The average molecular weight is 453 g/mol. The molecule has 0 fully saturated rings. The van der Waals surface area contributed by atoms with Gasteiger partial charge in [0.05, 0.1) is 27.9 Å². The Morgan fingerprint density at radius 3 is 2.41 bits per heavy atom. The number of rotatable bonds is 7. The van der Waals surface area contributed by atoms with Crippen LogP contribution in [0.3, 0.4) is 0 Å². The Morgan fingerprint density at radius 2 is 1.75 bits per heavy atom. The molecule has 1 aliphatic carbocycles. The first-order valence-electron chi connectivity index (χ1n) is 11.2. The van der Waals surface area contributed by atoms with E-state index in [1.165, 1.54) is 0 Å². The van der Waals surface area contributed by atoms with Crippen LogP contribution in [0.2, 0.25) is 0 Å². The lowest BCUT2D eigenvalue weighted by Gasteiger charge is -2.36. The summed E-state index contributed by atoms with van der Waals surface area (Å²) in [6.45, 7) is 4.28. The van der Waals surface area contributed by atoms with Crippen LogP contribution in [0.15, 0.2) is 76.5 Å². The summed E-state index contributed by atoms with van der Waals surface area (Å²) in [5.74, 6) is 5.36. The molecule has 5 heteroatoms. The summed E-state index contributed by atoms with van der Waals surface area (Å²) in [4.78, 5) is 0.389. The molecule has 0 saturated heterocycles. The summed E-state index contributed by atoms with van der Waals surface area (Å²) in [6, 6.07) is 18.1. The lowest BCUT2D eigenvalue weighted by molar-refractivity contribution is -0.130. The second kappa shape index (κ2) is 11.0. The number of unbranched alkanes of at least 4 members (excludes halogenated alkanes) is 2. The van der Waals surface area contributed by atoms with Crippen LogP contribution in [0.5, 0.6) is 0 Å². The SMILES string of the molecule is CCCCC#C[C@@H]1C(S(=O)(=O)c2ccccc2)=CCC[C@@](C)(OCc2ccccc2)[C@@H]1O. The second-order valence-corrected chi connectivity index (χ2v) is 10.3. The zero-order valence-electron chi connectivity index (χ0n) is 18.8. The van der Waals surface area contributed by atoms with Crippen LogP contribution in [0.25, 0.3) is 0 Å². The van der Waals surface area contributed by atoms with Crippen LogP contribution in [-0.2, 0) is 21.2 Å². The molecule has 1 N–H and O–H groups in total. The van der Waals surface area contributed by atoms with E-state index in [0.29, 0.717) is 25.9 Å². The summed E-state index contributed by atoms with van der Waals surface area (Å²) in [7, 11) is -3.78. The zero-order chi connectivity index (χ0) is 23.0. The van der Waals surface area contributed by atoms with Crippen molar-refractivity contribution in [3.8, 4) is 11.8 Å². The lowest BCUT2D eigenvalue weighted by atomic mass is 9.87. The highest BCUT2D eigenvalue weighted by molar-refractivity contribution is 7.95. The molecular weight excluding hydrogens is 420 g/mol. The van der Waals surface area contributed by atoms with Crippen molar-refractivity contribution >= 4 is 9.84 Å². The van der Waals surface area contributed by atoms with Crippen molar-refractivity contribution in [1.82, 2.24) is 0 Å². The predicted octanol–water partition coefficient (Wildman–Crippen LogP) is 5.28. The number of aliphatic hydroxyl groups is 1. The minimum atomic E-state index is -3.78. The van der Waals surface area contributed by atoms with Gasteiger partial charge in [0.1, 0.15) is 6.10 Å². The van der Waals surface area contributed by atoms with Crippen molar-refractivity contribution in [1.29, 1.82) is 0 Å². The Labute approximate surface area is 192 Å². The molecule has 170 valence electrons. The van der Waals surface area contributed by atoms with Gasteiger partial charge in [0.25, 0.3) is 0 Å². The monoisotopic (exact) mass is 452 g/mol. The Morgan fingerprint density at radius 1 is 1.09 bits per heavy atom. The summed E-state index contributed by atoms with van der Waals surface area (Å²) in [6.07, 6.45) is 4.24. The van der Waals surface area contributed by atoms with E-state index < -0.39 is 27.5 Å². The van der Waals surface area contributed by atoms with Crippen LogP contribution >= 0.6 is 0 Å². The van der Waals surface area contributed by atoms with E-state index in [1.807, 2.05) is 37.3 Å². The molecule has 0 unspecified atom stereocenters. The van der Waals surface area contributed by atoms with Crippen molar-refractivity contribution < 1.29 is 18.3 Å². The molecule has 2 aromatic carbocycles. The average Bonchev–Trinajstić information content (AvgIpc) is 2.94. The molecule has 3 atom stereocenters. The number of ether oxygens (including phenoxy) is 1. The van der Waals surface area contributed by atoms with Gasteiger partial charge in [-0.1, -0.05) is 73.9 Å². The first-order chi connectivity index (χ1) is 15.4. The number of hydrogen-bond acceptors (Lipinski definition) is 4. The standard InChI is InChI=1S/C27H32O4S/c1-3-4-5-12-18-24-25(32(29,30)23-16-10-7-11-17-23)19-13-20-27(2,26(24)28)31-21-22-14-8-6-9-15-22/h6-11,14-17,19,24,26,28H,3-5,13,20-21H2,1-2H3/t24-,26-,27-/m1/s1. The van der Waals surface area contributed by atoms with Crippen molar-refractivity contribution in [2.24, 2.45) is 5.92 Å². The Balaban J connectivity index is 1.94. The van der Waals surface area contributed by atoms with Crippen LogP contribution in [0.4, 0.5) is 0 Å². The van der Waals surface area contributed by atoms with Gasteiger partial charge in [-0.2, -0.15) is 0 Å². The third kappa shape index (κ3) is 5.69. The van der Waals surface area contributed by atoms with E-state index in [1.54, 1.807) is 36.4 Å². The van der Waals surface area contributed by atoms with Gasteiger partial charge in [-0.05, 0) is 43.9 Å². The summed E-state index contributed by atoms with van der Waals surface area (Å²) < 4.78 is 33.2. The molecule has 0 radical (unpaired) electrons. The molecule has 0 spiro atoms. The van der Waals surface area contributed by atoms with Crippen LogP contribution < -0.4 is 0 Å². The van der Waals surface area contributed by atoms with Crippen LogP contribution in [0.1, 0.15) is 51.5 Å². The summed E-state index contributed by atoms with van der Waals surface area (Å²) in [5.41, 5.74) is 0.0746. The second-order valence-electron chi connectivity index (χ2n) is 8.40. The van der Waals surface area contributed by atoms with Gasteiger partial charge in [0, 0.05) is 6.42 Å². The third-order valence-electron chi connectivity index (χ3n) is 5.92. The Kier molecular flexibility index (Phi) is 8.31. The molecule has 0 amide bonds. The molecule has 3 rings (SSSR count). The smallest absolute Gasteiger partial charge is 0.203 e. The van der Waals surface area contributed by atoms with E-state index in [4.69, 9.17) is 4.74 Å². The number of aliphatic hydroxyl groups excluding tert-OH is 1. The third-order valence-corrected chi connectivity index (χ3v) is 7.86. The minimum absolute atomic E-state index is 0.173. The predicted molar refractivity (Wildman–Crippen MR) is 127 cm³/mol. The molecule has 32 heavy (non-hydrogen) atoms. The number of hydrogen-bond donors (Lipinski definition) is 1. The quantitative estimate of drug-likeness (QED) is 0.458. The van der Waals surface area contributed by atoms with Crippen molar-refractivity contribution in [2.45, 2.75) is 69.2 Å². The van der Waals surface area contributed by atoms with E-state index in [2.05, 4.69) is 18.8 Å². The molecule has 0 saturated carbocycles. The van der Waals surface area contributed by atoms with Gasteiger partial charge in [-0.3, -0.25) is 0 Å². The zero-order valence-corrected chi connectivity index (χ0v) is 19.6. The Bertz CT molecular complexity index is 1060. The first-order valence-corrected chi connectivity index (χ1v) is 12.7. The maximum absolute atomic E-state index is 13.5. The maximum atomic E-state index is 13.5. The van der Waals surface area contributed by atoms with Gasteiger partial charge in [-0.25, -0.2) is 8.42 Å². The first kappa shape index (κ1) is 24.3. The fraction of sp³-hybridized carbons (Fsp3) is 0.407. The van der Waals surface area contributed by atoms with E-state index in [9.17, 15) is 13.5 Å². The summed E-state index contributed by atoms with van der Waals surface area (Å²) >= 11 is 0. The van der Waals surface area contributed by atoms with E-state index in [-0.39, 0.29) is 9.80 Å². The van der Waals surface area contributed by atoms with Crippen molar-refractivity contribution in [3.05, 3.63) is 77.2 Å². The number of benzene rings is 2. The fourth-order valence-corrected chi connectivity index (χ4v) is 5.52. The molecular formula is C27H32O4S. The van der Waals surface area contributed by atoms with Crippen molar-refractivity contribution in [2.75, 3.05) is 0 Å². The molecule has 4 nitrogen and oxygen atoms in total. The van der Waals surface area contributed by atoms with Gasteiger partial charge in [-0.15, -0.1) is 5.92 Å². The van der Waals surface area contributed by atoms with Crippen molar-refractivity contribution in [3.63, 3.8) is 0 Å². The van der Waals surface area contributed by atoms with Crippen LogP contribution in [-0.4, -0.2) is 25.2 Å². The molecule has 0 aromatic heterocycles. The largest absolute Gasteiger partial charge is 0.388 e. The minimum Gasteiger partial charge on any atom is -0.388 e. The normalized spacial score (nSPS) is 23.5. The summed E-state index contributed by atoms with van der Waals surface area (Å²) in [5, 5.41) is 11.5. The van der Waals surface area contributed by atoms with Gasteiger partial charge in [0.15, 0.2) is 0 Å². The topological polar surface area (TPSA) is 63.6 Å². The fourth-order valence-electron chi connectivity index (χ4n) is 3.87. The maximum Gasteiger partial charge on any atom is 0.203 e. The molecule has 0 heterocycles. The lowest BCUT2D eigenvalue weighted by Crippen LogP contribution is -2.46. The molecule has 0 aliphatic heterocycles. The highest BCUT2D eigenvalue weighted by Crippen LogP contribution is 2.38. The highest BCUT2D eigenvalue weighted by Gasteiger charge is 2.44. The van der Waals surface area contributed by atoms with Crippen LogP contribution in [0, 0.1) is 17.8 Å². The van der Waals surface area contributed by atoms with E-state index in [0.717, 1.165) is 18.4 Å². The van der Waals surface area contributed by atoms with Gasteiger partial charge < -0.3 is 9.84 Å².